The first kappa shape index (κ1) is 16.4. The molecule has 2 aromatic carbocycles. The fraction of sp³-hybridized carbons (Fsp3) is 0.273. The molecule has 6 aromatic rings. The van der Waals surface area contributed by atoms with E-state index in [4.69, 9.17) is 56.0 Å². The smallest absolute Gasteiger partial charge is 0.287 e. The summed E-state index contributed by atoms with van der Waals surface area (Å²) in [6.07, 6.45) is -2.55. The number of methoxy groups -OCH3 is 2. The van der Waals surface area contributed by atoms with Crippen molar-refractivity contribution in [2.45, 2.75) is 52.5 Å². The summed E-state index contributed by atoms with van der Waals surface area (Å²) in [6, 6.07) is 8.87. The quantitative estimate of drug-likeness (QED) is 0.0311. The number of hydrogen-bond acceptors (Lipinski definition) is 11. The van der Waals surface area contributed by atoms with Crippen LogP contribution in [0.4, 0.5) is 11.4 Å². The highest BCUT2D eigenvalue weighted by atomic mass is 32.2. The van der Waals surface area contributed by atoms with Crippen LogP contribution >= 0.6 is 24.0 Å². The van der Waals surface area contributed by atoms with Crippen LogP contribution in [0.3, 0.4) is 0 Å². The summed E-state index contributed by atoms with van der Waals surface area (Å²) in [5.41, 5.74) is -11.4. The molecule has 0 amide bonds. The highest BCUT2D eigenvalue weighted by Gasteiger charge is 2.24. The molecule has 264 valence electrons. The molecule has 0 saturated carbocycles. The van der Waals surface area contributed by atoms with Crippen molar-refractivity contribution in [1.82, 2.24) is 24.9 Å². The highest BCUT2D eigenvalue weighted by Crippen LogP contribution is 2.30. The maximum absolute atomic E-state index is 11.8. The Kier molecular flexibility index (Phi) is 5.49. The maximum Gasteiger partial charge on any atom is 0.287 e. The number of rotatable bonds is 7. The predicted octanol–water partition coefficient (Wildman–Crippen LogP) is 7.70. The number of hydrogen-bond donors (Lipinski definition) is 4. The van der Waals surface area contributed by atoms with Crippen LogP contribution in [0.15, 0.2) is 53.9 Å². The van der Waals surface area contributed by atoms with Crippen LogP contribution in [0.1, 0.15) is 75.3 Å². The van der Waals surface area contributed by atoms with Crippen LogP contribution in [0, 0.1) is 59.3 Å². The van der Waals surface area contributed by atoms with Crippen molar-refractivity contribution in [1.29, 1.82) is 0 Å². The van der Waals surface area contributed by atoms with Crippen molar-refractivity contribution < 1.29 is 63.5 Å². The van der Waals surface area contributed by atoms with Gasteiger partial charge in [0.05, 0.1) is 72.4 Å². The van der Waals surface area contributed by atoms with Crippen LogP contribution in [0.5, 0.6) is 11.5 Å². The summed E-state index contributed by atoms with van der Waals surface area (Å²) >= 11 is 5.18. The normalized spacial score (nSPS) is 19.8. The van der Waals surface area contributed by atoms with E-state index >= 15 is 0 Å². The van der Waals surface area contributed by atoms with Crippen LogP contribution in [0.25, 0.3) is 22.1 Å². The summed E-state index contributed by atoms with van der Waals surface area (Å²) in [7, 11) is -5.15. The molecule has 17 heteroatoms. The van der Waals surface area contributed by atoms with Crippen molar-refractivity contribution in [2.24, 2.45) is 0 Å². The van der Waals surface area contributed by atoms with E-state index < -0.39 is 126 Å². The minimum absolute atomic E-state index is 0. The van der Waals surface area contributed by atoms with Crippen LogP contribution in [0.2, 0.25) is 0 Å². The molecule has 6 rings (SSSR count). The zero-order chi connectivity index (χ0) is 57.0. The maximum atomic E-state index is 11.8. The van der Waals surface area contributed by atoms with Gasteiger partial charge < -0.3 is 24.4 Å². The van der Waals surface area contributed by atoms with Gasteiger partial charge >= 0.3 is 0 Å². The van der Waals surface area contributed by atoms with Crippen molar-refractivity contribution in [3.63, 3.8) is 0 Å². The summed E-state index contributed by atoms with van der Waals surface area (Å²) in [6.45, 7) is -16.7. The lowest BCUT2D eigenvalue weighted by Crippen LogP contribution is -2.35. The summed E-state index contributed by atoms with van der Waals surface area (Å²) < 4.78 is 195. The van der Waals surface area contributed by atoms with Gasteiger partial charge in [-0.1, -0.05) is 19.2 Å². The predicted molar refractivity (Wildman–Crippen MR) is 194 cm³/mol. The van der Waals surface area contributed by atoms with Crippen molar-refractivity contribution in [3.05, 3.63) is 107 Å². The molecule has 0 aliphatic carbocycles. The van der Waals surface area contributed by atoms with Crippen molar-refractivity contribution in [3.8, 4) is 11.5 Å². The Morgan fingerprint density at radius 3 is 2.24 bits per heavy atom. The number of nitrogens with zero attached hydrogens (tertiary/aromatic N) is 5. The third kappa shape index (κ3) is 8.91. The number of fused-ring (bicyclic) bond motifs is 2. The molecule has 0 fully saturated rings. The van der Waals surface area contributed by atoms with Gasteiger partial charge in [0, 0.05) is 70.0 Å². The minimum atomic E-state index is -3.41. The molecule has 0 atom stereocenters. The van der Waals surface area contributed by atoms with E-state index in [0.29, 0.717) is 4.77 Å². The topological polar surface area (TPSA) is 202 Å². The Bertz CT molecular complexity index is 3170. The van der Waals surface area contributed by atoms with Gasteiger partial charge in [-0.3, -0.25) is 30.4 Å². The molecule has 15 nitrogen and oxygen atoms in total. The zero-order valence-corrected chi connectivity index (χ0v) is 25.5. The summed E-state index contributed by atoms with van der Waals surface area (Å²) in [5, 5.41) is 32.6. The molecule has 0 aliphatic rings. The number of nitro groups is 2. The van der Waals surface area contributed by atoms with E-state index in [1.54, 1.807) is 18.2 Å². The SMILES string of the molecule is C.[2H]C([2H])([2H])Oc1ccc2[nH]c(=S)[nH]c2c1.[2H]c1c(C([2H])([2H])[2H])c([N+](=O)[O-])c(C([2H])([2H])[2H])c(C([2H])([2H])[2H])[n+]1O.[2H]c1nc(C([2H])([2H])Sc2nc3ccc(OC([2H])([2H])[2H])cc3[nH]2)c(C([2H])([2H])[2H])c([N+](=O)[O-])c1C([2H])([2H])[2H]. The second kappa shape index (κ2) is 16.7. The van der Waals surface area contributed by atoms with Gasteiger partial charge in [0.1, 0.15) is 12.9 Å². The Hall–Kier alpha value is -5.55. The molecule has 4 N–H and O–H groups in total. The Balaban J connectivity index is 0.000000324. The van der Waals surface area contributed by atoms with E-state index in [-0.39, 0.29) is 46.9 Å². The summed E-state index contributed by atoms with van der Waals surface area (Å²) in [5.74, 6) is 0.250. The number of nitrogens with one attached hydrogen (secondary N) is 3. The Morgan fingerprint density at radius 1 is 0.940 bits per heavy atom. The average Bonchev–Trinajstić information content (AvgIpc) is 3.75. The molecular formula is C33H39N8O7S2+. The largest absolute Gasteiger partial charge is 0.497 e. The molecule has 50 heavy (non-hydrogen) atoms. The lowest BCUT2D eigenvalue weighted by molar-refractivity contribution is -0.909. The number of aromatic nitrogens is 6. The number of aromatic amines is 3. The first-order valence-corrected chi connectivity index (χ1v) is 13.8. The van der Waals surface area contributed by atoms with E-state index in [0.717, 1.165) is 11.0 Å². The van der Waals surface area contributed by atoms with Gasteiger partial charge in [-0.25, -0.2) is 4.98 Å². The minimum Gasteiger partial charge on any atom is -0.497 e. The number of H-pyrrole nitrogens is 3. The molecule has 0 spiro atoms. The third-order valence-electron chi connectivity index (χ3n) is 5.89. The molecule has 0 aliphatic heterocycles. The number of imidazole rings is 2. The number of benzene rings is 2. The van der Waals surface area contributed by atoms with Crippen LogP contribution < -0.4 is 14.2 Å². The fourth-order valence-corrected chi connectivity index (χ4v) is 4.57. The molecule has 4 heterocycles. The number of thioether (sulfide) groups is 1. The molecule has 0 saturated heterocycles. The fourth-order valence-electron chi connectivity index (χ4n) is 3.70. The van der Waals surface area contributed by atoms with Gasteiger partial charge in [0.15, 0.2) is 9.93 Å². The monoisotopic (exact) mass is 748 g/mol. The standard InChI is InChI=1S/C16H16N4O3S.C8H11N2O3.C8H8N2OS.CH4/c1-9-7-17-14(10(2)15(9)20(21)22)8-24-16-18-12-5-4-11(23-3)6-13(12)19-16;1-5-4-9(11)7(3)6(2)8(5)10(12)13;1-11-5-2-3-6-7(4-5)10-8(12)9-6;/h4-7H,8H2,1-3H3,(H,18,19);4,11H,1-3H3;2-4H,1H3,(H2,9,10,12);1H4/q;+1;;/i1D3,2D3,3D3,7D,8D2;1D3,2D3,3D3,4D;1D3;. The second-order valence-electron chi connectivity index (χ2n) is 8.97. The van der Waals surface area contributed by atoms with Crippen LogP contribution in [-0.4, -0.2) is 54.0 Å². The Labute approximate surface area is 332 Å². The molecule has 0 radical (unpaired) electrons. The van der Waals surface area contributed by atoms with Crippen molar-refractivity contribution in [2.75, 3.05) is 14.1 Å². The molecular weight excluding hydrogens is 685 g/mol. The third-order valence-corrected chi connectivity index (χ3v) is 6.78. The van der Waals surface area contributed by atoms with E-state index in [1.807, 2.05) is 0 Å². The molecule has 4 aromatic heterocycles. The van der Waals surface area contributed by atoms with E-state index in [9.17, 15) is 25.4 Å². The number of ether oxygens (including phenoxy) is 2. The Morgan fingerprint density at radius 2 is 1.60 bits per heavy atom. The van der Waals surface area contributed by atoms with Gasteiger partial charge in [-0.15, -0.1) is 0 Å². The average molecular weight is 749 g/mol. The zero-order valence-electron chi connectivity index (χ0n) is 48.9. The first-order valence-electron chi connectivity index (χ1n) is 25.1. The molecule has 0 bridgehead atoms. The van der Waals surface area contributed by atoms with E-state index in [2.05, 4.69) is 24.9 Å². The van der Waals surface area contributed by atoms with Gasteiger partial charge in [-0.2, -0.15) is 0 Å². The summed E-state index contributed by atoms with van der Waals surface area (Å²) in [4.78, 5) is 36.5. The van der Waals surface area contributed by atoms with E-state index in [1.165, 1.54) is 18.2 Å². The first-order chi connectivity index (χ1) is 33.2. The van der Waals surface area contributed by atoms with Crippen LogP contribution in [-0.2, 0) is 5.70 Å². The molecule has 0 unspecified atom stereocenters. The van der Waals surface area contributed by atoms with Gasteiger partial charge in [-0.05, 0) is 63.9 Å². The number of pyridine rings is 2. The highest BCUT2D eigenvalue weighted by molar-refractivity contribution is 7.98. The van der Waals surface area contributed by atoms with Crippen molar-refractivity contribution >= 4 is 57.4 Å². The van der Waals surface area contributed by atoms with Gasteiger partial charge in [0.25, 0.3) is 11.4 Å². The second-order valence-corrected chi connectivity index (χ2v) is 10.2. The lowest BCUT2D eigenvalue weighted by atomic mass is 10.1. The van der Waals surface area contributed by atoms with Gasteiger partial charge in [0.2, 0.25) is 11.9 Å². The lowest BCUT2D eigenvalue weighted by Gasteiger charge is -2.06.